The van der Waals surface area contributed by atoms with Crippen LogP contribution in [0.1, 0.15) is 19.3 Å². The van der Waals surface area contributed by atoms with Crippen molar-refractivity contribution in [1.29, 1.82) is 0 Å². The summed E-state index contributed by atoms with van der Waals surface area (Å²) in [4.78, 5) is 4.66. The number of H-pyrrole nitrogens is 1. The largest absolute Gasteiger partial charge is 0.487 e. The summed E-state index contributed by atoms with van der Waals surface area (Å²) < 4.78 is 7.86. The summed E-state index contributed by atoms with van der Waals surface area (Å²) in [7, 11) is 1.84. The summed E-state index contributed by atoms with van der Waals surface area (Å²) in [5.74, 6) is 1.93. The third-order valence-corrected chi connectivity index (χ3v) is 5.28. The van der Waals surface area contributed by atoms with Crippen LogP contribution in [0.3, 0.4) is 0 Å². The van der Waals surface area contributed by atoms with Gasteiger partial charge in [-0.25, -0.2) is 4.98 Å². The number of pyridine rings is 1. The second-order valence-corrected chi connectivity index (χ2v) is 7.32. The number of anilines is 2. The molecular formula is C21H22N6O2. The Hall–Kier alpha value is -3.39. The number of aliphatic hydroxyl groups excluding tert-OH is 1. The average molecular weight is 390 g/mol. The van der Waals surface area contributed by atoms with Gasteiger partial charge in [0.25, 0.3) is 0 Å². The van der Waals surface area contributed by atoms with E-state index in [1.807, 2.05) is 49.5 Å². The molecule has 5 rings (SSSR count). The minimum atomic E-state index is -0.439. The van der Waals surface area contributed by atoms with Crippen LogP contribution in [0.25, 0.3) is 22.3 Å². The van der Waals surface area contributed by atoms with Gasteiger partial charge in [-0.2, -0.15) is 10.2 Å². The highest BCUT2D eigenvalue weighted by atomic mass is 16.5. The number of aliphatic hydroxyl groups is 1. The van der Waals surface area contributed by atoms with Crippen molar-refractivity contribution in [2.45, 2.75) is 31.5 Å². The highest BCUT2D eigenvalue weighted by molar-refractivity contribution is 5.84. The van der Waals surface area contributed by atoms with Crippen molar-refractivity contribution in [1.82, 2.24) is 25.0 Å². The number of aryl methyl sites for hydroxylation is 1. The van der Waals surface area contributed by atoms with Crippen molar-refractivity contribution in [2.24, 2.45) is 7.05 Å². The van der Waals surface area contributed by atoms with Gasteiger partial charge in [-0.1, -0.05) is 30.3 Å². The van der Waals surface area contributed by atoms with Gasteiger partial charge in [0.15, 0.2) is 11.5 Å². The smallest absolute Gasteiger partial charge is 0.163 e. The molecule has 8 nitrogen and oxygen atoms in total. The summed E-state index contributed by atoms with van der Waals surface area (Å²) in [5, 5.41) is 25.9. The lowest BCUT2D eigenvalue weighted by molar-refractivity contribution is 0.0614. The molecule has 3 N–H and O–H groups in total. The number of nitrogens with zero attached hydrogens (tertiary/aromatic N) is 4. The fraction of sp³-hybridized carbons (Fsp3) is 0.286. The Balaban J connectivity index is 1.46. The Morgan fingerprint density at radius 2 is 2.03 bits per heavy atom. The topological polar surface area (TPSA) is 101 Å². The minimum absolute atomic E-state index is 0.205. The SMILES string of the molecule is Cn1ncc2c(OC3CCCC3O)cc(Nc3cc(-c4ccccc4)[nH]n3)nc21. The van der Waals surface area contributed by atoms with E-state index in [2.05, 4.69) is 25.6 Å². The van der Waals surface area contributed by atoms with Crippen molar-refractivity contribution in [3.63, 3.8) is 0 Å². The zero-order valence-electron chi connectivity index (χ0n) is 16.0. The van der Waals surface area contributed by atoms with E-state index < -0.39 is 6.10 Å². The van der Waals surface area contributed by atoms with Crippen LogP contribution in [0.15, 0.2) is 48.7 Å². The molecule has 148 valence electrons. The van der Waals surface area contributed by atoms with Crippen LogP contribution in [0.4, 0.5) is 11.6 Å². The molecule has 1 fully saturated rings. The maximum absolute atomic E-state index is 10.2. The molecule has 1 aromatic carbocycles. The van der Waals surface area contributed by atoms with Crippen molar-refractivity contribution in [3.8, 4) is 17.0 Å². The standard InChI is InChI=1S/C21H22N6O2/c1-27-21-14(12-22-27)18(29-17-9-5-8-16(17)28)11-19(24-21)23-20-10-15(25-26-20)13-6-3-2-4-7-13/h2-4,6-7,10-12,16-17,28H,5,8-9H2,1H3,(H2,23,24,25,26). The maximum Gasteiger partial charge on any atom is 0.163 e. The van der Waals surface area contributed by atoms with Gasteiger partial charge in [-0.3, -0.25) is 9.78 Å². The number of nitrogens with one attached hydrogen (secondary N) is 2. The molecule has 1 aliphatic rings. The van der Waals surface area contributed by atoms with Gasteiger partial charge < -0.3 is 15.2 Å². The first-order valence-corrected chi connectivity index (χ1v) is 9.73. The summed E-state index contributed by atoms with van der Waals surface area (Å²) in [6.07, 6.45) is 3.67. The molecule has 0 radical (unpaired) electrons. The number of hydrogen-bond acceptors (Lipinski definition) is 6. The van der Waals surface area contributed by atoms with E-state index in [1.165, 1.54) is 0 Å². The number of aromatic amines is 1. The number of hydrogen-bond donors (Lipinski definition) is 3. The Labute approximate surface area is 167 Å². The Bertz CT molecular complexity index is 1140. The zero-order valence-corrected chi connectivity index (χ0v) is 16.0. The van der Waals surface area contributed by atoms with Crippen LogP contribution in [-0.2, 0) is 7.05 Å². The summed E-state index contributed by atoms with van der Waals surface area (Å²) >= 11 is 0. The first kappa shape index (κ1) is 17.7. The predicted molar refractivity (Wildman–Crippen MR) is 110 cm³/mol. The van der Waals surface area contributed by atoms with E-state index in [-0.39, 0.29) is 6.10 Å². The van der Waals surface area contributed by atoms with Gasteiger partial charge in [0, 0.05) is 19.2 Å². The molecular weight excluding hydrogens is 368 g/mol. The van der Waals surface area contributed by atoms with Crippen LogP contribution < -0.4 is 10.1 Å². The third-order valence-electron chi connectivity index (χ3n) is 5.28. The van der Waals surface area contributed by atoms with Crippen LogP contribution in [-0.4, -0.2) is 42.3 Å². The van der Waals surface area contributed by atoms with Crippen molar-refractivity contribution in [3.05, 3.63) is 48.7 Å². The number of rotatable bonds is 5. The van der Waals surface area contributed by atoms with E-state index in [4.69, 9.17) is 4.74 Å². The van der Waals surface area contributed by atoms with Crippen molar-refractivity contribution >= 4 is 22.7 Å². The first-order chi connectivity index (χ1) is 14.2. The molecule has 0 saturated heterocycles. The van der Waals surface area contributed by atoms with Gasteiger partial charge >= 0.3 is 0 Å². The molecule has 0 aliphatic heterocycles. The third kappa shape index (κ3) is 3.42. The van der Waals surface area contributed by atoms with E-state index in [9.17, 15) is 5.11 Å². The lowest BCUT2D eigenvalue weighted by atomic mass is 10.2. The fourth-order valence-electron chi connectivity index (χ4n) is 3.74. The molecule has 1 aliphatic carbocycles. The minimum Gasteiger partial charge on any atom is -0.487 e. The van der Waals surface area contributed by atoms with Gasteiger partial charge in [0.2, 0.25) is 0 Å². The second-order valence-electron chi connectivity index (χ2n) is 7.32. The molecule has 3 heterocycles. The first-order valence-electron chi connectivity index (χ1n) is 9.73. The van der Waals surface area contributed by atoms with E-state index >= 15 is 0 Å². The van der Waals surface area contributed by atoms with Gasteiger partial charge in [0.05, 0.1) is 23.4 Å². The van der Waals surface area contributed by atoms with E-state index in [0.29, 0.717) is 23.0 Å². The Morgan fingerprint density at radius 3 is 2.83 bits per heavy atom. The molecule has 0 bridgehead atoms. The highest BCUT2D eigenvalue weighted by Gasteiger charge is 2.28. The fourth-order valence-corrected chi connectivity index (χ4v) is 3.74. The number of benzene rings is 1. The molecule has 29 heavy (non-hydrogen) atoms. The number of fused-ring (bicyclic) bond motifs is 1. The van der Waals surface area contributed by atoms with Crippen molar-refractivity contribution < 1.29 is 9.84 Å². The molecule has 2 unspecified atom stereocenters. The second kappa shape index (κ2) is 7.21. The van der Waals surface area contributed by atoms with Gasteiger partial charge in [-0.05, 0) is 24.8 Å². The Kier molecular flexibility index (Phi) is 4.40. The van der Waals surface area contributed by atoms with E-state index in [0.717, 1.165) is 35.9 Å². The van der Waals surface area contributed by atoms with Crippen LogP contribution in [0.5, 0.6) is 5.75 Å². The van der Waals surface area contributed by atoms with Crippen LogP contribution in [0, 0.1) is 0 Å². The zero-order chi connectivity index (χ0) is 19.8. The maximum atomic E-state index is 10.2. The van der Waals surface area contributed by atoms with Crippen molar-refractivity contribution in [2.75, 3.05) is 5.32 Å². The molecule has 0 amide bonds. The van der Waals surface area contributed by atoms with Crippen LogP contribution >= 0.6 is 0 Å². The average Bonchev–Trinajstić information content (AvgIpc) is 3.45. The van der Waals surface area contributed by atoms with Gasteiger partial charge in [0.1, 0.15) is 17.7 Å². The predicted octanol–water partition coefficient (Wildman–Crippen LogP) is 3.39. The van der Waals surface area contributed by atoms with Crippen LogP contribution in [0.2, 0.25) is 0 Å². The Morgan fingerprint density at radius 1 is 1.17 bits per heavy atom. The molecule has 4 aromatic rings. The number of ether oxygens (including phenoxy) is 1. The van der Waals surface area contributed by atoms with Gasteiger partial charge in [-0.15, -0.1) is 0 Å². The monoisotopic (exact) mass is 390 g/mol. The molecule has 8 heteroatoms. The molecule has 2 atom stereocenters. The summed E-state index contributed by atoms with van der Waals surface area (Å²) in [6.45, 7) is 0. The molecule has 1 saturated carbocycles. The normalized spacial score (nSPS) is 19.0. The lowest BCUT2D eigenvalue weighted by Crippen LogP contribution is -2.25. The summed E-state index contributed by atoms with van der Waals surface area (Å²) in [5.41, 5.74) is 2.68. The molecule has 0 spiro atoms. The quantitative estimate of drug-likeness (QED) is 0.483. The summed E-state index contributed by atoms with van der Waals surface area (Å²) in [6, 6.07) is 13.8. The van der Waals surface area contributed by atoms with E-state index in [1.54, 1.807) is 10.9 Å². The highest BCUT2D eigenvalue weighted by Crippen LogP contribution is 2.32. The molecule has 3 aromatic heterocycles. The lowest BCUT2D eigenvalue weighted by Gasteiger charge is -2.18. The number of aromatic nitrogens is 5.